The zero-order valence-corrected chi connectivity index (χ0v) is 9.24. The van der Waals surface area contributed by atoms with Crippen LogP contribution in [0.2, 0.25) is 0 Å². The Labute approximate surface area is 101 Å². The highest BCUT2D eigenvalue weighted by molar-refractivity contribution is 6.07. The number of rotatable bonds is 8. The van der Waals surface area contributed by atoms with Crippen LogP contribution in [0.25, 0.3) is 0 Å². The molecule has 0 aromatic rings. The molecule has 0 bridgehead atoms. The minimum atomic E-state index is -3.91. The number of hydrogen-bond donors (Lipinski definition) is 6. The summed E-state index contributed by atoms with van der Waals surface area (Å²) in [6.45, 7) is 0. The second-order valence-electron chi connectivity index (χ2n) is 3.72. The number of carboxylic acids is 2. The number of ketones is 1. The fourth-order valence-electron chi connectivity index (χ4n) is 1.14. The van der Waals surface area contributed by atoms with E-state index in [0.717, 1.165) is 0 Å². The van der Waals surface area contributed by atoms with E-state index in [9.17, 15) is 24.6 Å². The molecule has 9 heteroatoms. The topological polar surface area (TPSA) is 173 Å². The number of unbranched alkanes of at least 4 members (excludes halogenated alkanes) is 1. The van der Waals surface area contributed by atoms with Crippen LogP contribution in [0.5, 0.6) is 0 Å². The molecule has 0 aromatic heterocycles. The highest BCUT2D eigenvalue weighted by atomic mass is 16.6. The summed E-state index contributed by atoms with van der Waals surface area (Å²) < 4.78 is 0. The Kier molecular flexibility index (Phi) is 5.36. The van der Waals surface area contributed by atoms with Gasteiger partial charge in [-0.2, -0.15) is 0 Å². The molecule has 0 aliphatic rings. The summed E-state index contributed by atoms with van der Waals surface area (Å²) in [5, 5.41) is 52.7. The second-order valence-corrected chi connectivity index (χ2v) is 3.72. The Hall–Kier alpha value is -1.55. The molecule has 6 N–H and O–H groups in total. The molecule has 0 aliphatic carbocycles. The van der Waals surface area contributed by atoms with E-state index in [-0.39, 0.29) is 19.3 Å². The fraction of sp³-hybridized carbons (Fsp3) is 0.667. The SMILES string of the molecule is O=C(O)CCCCC(O)(O)C(=O)C(O)(O)C(=O)O. The molecule has 0 atom stereocenters. The molecule has 18 heavy (non-hydrogen) atoms. The average molecular weight is 266 g/mol. The lowest BCUT2D eigenvalue weighted by Gasteiger charge is -2.25. The Morgan fingerprint density at radius 3 is 1.78 bits per heavy atom. The van der Waals surface area contributed by atoms with Crippen molar-refractivity contribution in [3.8, 4) is 0 Å². The van der Waals surface area contributed by atoms with E-state index in [4.69, 9.17) is 20.4 Å². The van der Waals surface area contributed by atoms with E-state index in [0.29, 0.717) is 0 Å². The third kappa shape index (κ3) is 4.37. The number of Topliss-reactive ketones (excluding diaryl/α,β-unsaturated/α-hetero) is 1. The summed E-state index contributed by atoms with van der Waals surface area (Å²) in [5.41, 5.74) is 0. The maximum atomic E-state index is 11.2. The maximum absolute atomic E-state index is 11.2. The summed E-state index contributed by atoms with van der Waals surface area (Å²) in [5.74, 6) is -12.7. The second kappa shape index (κ2) is 5.87. The standard InChI is InChI=1S/C9H14O9/c10-5(11)3-1-2-4-8(15,16)6(12)9(17,18)7(13)14/h15-18H,1-4H2,(H,10,11)(H,13,14). The van der Waals surface area contributed by atoms with E-state index < -0.39 is 35.7 Å². The first-order valence-corrected chi connectivity index (χ1v) is 4.91. The van der Waals surface area contributed by atoms with Gasteiger partial charge in [-0.3, -0.25) is 9.59 Å². The first-order valence-electron chi connectivity index (χ1n) is 4.91. The smallest absolute Gasteiger partial charge is 0.372 e. The van der Waals surface area contributed by atoms with Gasteiger partial charge >= 0.3 is 17.7 Å². The number of hydrogen-bond acceptors (Lipinski definition) is 7. The van der Waals surface area contributed by atoms with Crippen molar-refractivity contribution < 1.29 is 45.0 Å². The minimum Gasteiger partial charge on any atom is -0.481 e. The van der Waals surface area contributed by atoms with Gasteiger partial charge in [0, 0.05) is 12.8 Å². The largest absolute Gasteiger partial charge is 0.481 e. The van der Waals surface area contributed by atoms with Crippen LogP contribution in [0.3, 0.4) is 0 Å². The molecule has 0 saturated heterocycles. The van der Waals surface area contributed by atoms with Crippen LogP contribution in [0.4, 0.5) is 0 Å². The third-order valence-electron chi connectivity index (χ3n) is 2.14. The highest BCUT2D eigenvalue weighted by Gasteiger charge is 2.52. The monoisotopic (exact) mass is 266 g/mol. The molecule has 0 radical (unpaired) electrons. The molecule has 0 heterocycles. The molecule has 0 aliphatic heterocycles. The van der Waals surface area contributed by atoms with Gasteiger partial charge in [-0.05, 0) is 12.8 Å². The van der Waals surface area contributed by atoms with Crippen molar-refractivity contribution in [1.82, 2.24) is 0 Å². The Bertz CT molecular complexity index is 344. The lowest BCUT2D eigenvalue weighted by Crippen LogP contribution is -2.57. The third-order valence-corrected chi connectivity index (χ3v) is 2.14. The van der Waals surface area contributed by atoms with Crippen LogP contribution in [-0.4, -0.2) is 59.9 Å². The first-order chi connectivity index (χ1) is 8.01. The summed E-state index contributed by atoms with van der Waals surface area (Å²) in [6, 6.07) is 0. The summed E-state index contributed by atoms with van der Waals surface area (Å²) in [6.07, 6.45) is -1.09. The van der Waals surface area contributed by atoms with Crippen molar-refractivity contribution in [2.45, 2.75) is 37.3 Å². The van der Waals surface area contributed by atoms with Gasteiger partial charge in [0.15, 0.2) is 0 Å². The predicted molar refractivity (Wildman–Crippen MR) is 53.1 cm³/mol. The molecular formula is C9H14O9. The molecule has 9 nitrogen and oxygen atoms in total. The van der Waals surface area contributed by atoms with Gasteiger partial charge in [-0.1, -0.05) is 0 Å². The normalized spacial score (nSPS) is 12.2. The molecule has 0 spiro atoms. The van der Waals surface area contributed by atoms with Crippen LogP contribution in [0.1, 0.15) is 25.7 Å². The van der Waals surface area contributed by atoms with Crippen molar-refractivity contribution in [2.24, 2.45) is 0 Å². The molecule has 104 valence electrons. The Balaban J connectivity index is 4.49. The van der Waals surface area contributed by atoms with Gasteiger partial charge in [0.2, 0.25) is 5.79 Å². The van der Waals surface area contributed by atoms with E-state index >= 15 is 0 Å². The Morgan fingerprint density at radius 1 is 0.889 bits per heavy atom. The van der Waals surface area contributed by atoms with Crippen molar-refractivity contribution in [3.63, 3.8) is 0 Å². The number of aliphatic hydroxyl groups is 4. The van der Waals surface area contributed by atoms with Crippen LogP contribution >= 0.6 is 0 Å². The zero-order chi connectivity index (χ0) is 14.6. The van der Waals surface area contributed by atoms with Crippen molar-refractivity contribution >= 4 is 17.7 Å². The summed E-state index contributed by atoms with van der Waals surface area (Å²) >= 11 is 0. The minimum absolute atomic E-state index is 0.0163. The molecular weight excluding hydrogens is 252 g/mol. The molecule has 0 rings (SSSR count). The van der Waals surface area contributed by atoms with Crippen molar-refractivity contribution in [3.05, 3.63) is 0 Å². The van der Waals surface area contributed by atoms with Gasteiger partial charge in [0.05, 0.1) is 0 Å². The van der Waals surface area contributed by atoms with Gasteiger partial charge < -0.3 is 30.6 Å². The van der Waals surface area contributed by atoms with Gasteiger partial charge in [0.1, 0.15) is 0 Å². The summed E-state index contributed by atoms with van der Waals surface area (Å²) in [7, 11) is 0. The van der Waals surface area contributed by atoms with Crippen LogP contribution in [-0.2, 0) is 14.4 Å². The lowest BCUT2D eigenvalue weighted by atomic mass is 9.97. The van der Waals surface area contributed by atoms with Crippen molar-refractivity contribution in [2.75, 3.05) is 0 Å². The zero-order valence-electron chi connectivity index (χ0n) is 9.24. The predicted octanol–water partition coefficient (Wildman–Crippen LogP) is -2.35. The van der Waals surface area contributed by atoms with Gasteiger partial charge in [-0.15, -0.1) is 0 Å². The molecule has 0 amide bonds. The van der Waals surface area contributed by atoms with E-state index in [1.165, 1.54) is 0 Å². The fourth-order valence-corrected chi connectivity index (χ4v) is 1.14. The van der Waals surface area contributed by atoms with E-state index in [1.807, 2.05) is 0 Å². The number of carbonyl (C=O) groups excluding carboxylic acids is 1. The highest BCUT2D eigenvalue weighted by Crippen LogP contribution is 2.19. The van der Waals surface area contributed by atoms with Crippen LogP contribution < -0.4 is 0 Å². The molecule has 0 aromatic carbocycles. The summed E-state index contributed by atoms with van der Waals surface area (Å²) in [4.78, 5) is 31.6. The quantitative estimate of drug-likeness (QED) is 0.160. The van der Waals surface area contributed by atoms with Gasteiger partial charge in [-0.25, -0.2) is 4.79 Å². The van der Waals surface area contributed by atoms with Crippen molar-refractivity contribution in [1.29, 1.82) is 0 Å². The number of carboxylic acid groups (broad SMARTS) is 2. The molecule has 0 saturated carbocycles. The number of carbonyl (C=O) groups is 3. The van der Waals surface area contributed by atoms with E-state index in [2.05, 4.69) is 0 Å². The van der Waals surface area contributed by atoms with Gasteiger partial charge in [0.25, 0.3) is 5.78 Å². The maximum Gasteiger partial charge on any atom is 0.372 e. The number of aliphatic carboxylic acids is 2. The average Bonchev–Trinajstić information content (AvgIpc) is 2.22. The molecule has 0 unspecified atom stereocenters. The first kappa shape index (κ1) is 16.4. The Morgan fingerprint density at radius 2 is 1.39 bits per heavy atom. The molecule has 0 fully saturated rings. The van der Waals surface area contributed by atoms with E-state index in [1.54, 1.807) is 0 Å². The van der Waals surface area contributed by atoms with Crippen LogP contribution in [0, 0.1) is 0 Å². The van der Waals surface area contributed by atoms with Crippen LogP contribution in [0.15, 0.2) is 0 Å². The lowest BCUT2D eigenvalue weighted by molar-refractivity contribution is -0.237.